The monoisotopic (exact) mass is 304 g/mol. The number of nitrogens with one attached hydrogen (secondary N) is 1. The van der Waals surface area contributed by atoms with Gasteiger partial charge in [-0.3, -0.25) is 4.79 Å². The number of hydrogen-bond donors (Lipinski definition) is 1. The Morgan fingerprint density at radius 3 is 2.74 bits per heavy atom. The standard InChI is InChI=1S/C13H18Cl2N2O2/c1-13(2,6-7-19-3)8-16-12(18)11-9(14)4-5-10(15)17-11/h4-5H,6-8H2,1-3H3,(H,16,18). The summed E-state index contributed by atoms with van der Waals surface area (Å²) in [6.45, 7) is 5.28. The van der Waals surface area contributed by atoms with Gasteiger partial charge in [-0.15, -0.1) is 0 Å². The molecule has 1 rings (SSSR count). The smallest absolute Gasteiger partial charge is 0.271 e. The number of amides is 1. The van der Waals surface area contributed by atoms with E-state index in [2.05, 4.69) is 24.1 Å². The van der Waals surface area contributed by atoms with Crippen molar-refractivity contribution in [3.05, 3.63) is 28.0 Å². The van der Waals surface area contributed by atoms with Crippen LogP contribution in [0.4, 0.5) is 0 Å². The van der Waals surface area contributed by atoms with Gasteiger partial charge in [-0.05, 0) is 24.0 Å². The first-order valence-corrected chi connectivity index (χ1v) is 6.70. The molecular formula is C13H18Cl2N2O2. The van der Waals surface area contributed by atoms with E-state index >= 15 is 0 Å². The lowest BCUT2D eigenvalue weighted by Crippen LogP contribution is -2.35. The zero-order valence-corrected chi connectivity index (χ0v) is 12.8. The average Bonchev–Trinajstić information content (AvgIpc) is 2.36. The molecule has 1 amide bonds. The van der Waals surface area contributed by atoms with Crippen LogP contribution in [0.5, 0.6) is 0 Å². The lowest BCUT2D eigenvalue weighted by Gasteiger charge is -2.24. The van der Waals surface area contributed by atoms with Crippen LogP contribution in [0.3, 0.4) is 0 Å². The third kappa shape index (κ3) is 5.35. The summed E-state index contributed by atoms with van der Waals surface area (Å²) in [4.78, 5) is 15.9. The summed E-state index contributed by atoms with van der Waals surface area (Å²) in [7, 11) is 1.66. The van der Waals surface area contributed by atoms with Crippen molar-refractivity contribution in [2.24, 2.45) is 5.41 Å². The topological polar surface area (TPSA) is 51.2 Å². The Hall–Kier alpha value is -0.840. The van der Waals surface area contributed by atoms with Crippen molar-refractivity contribution in [1.29, 1.82) is 0 Å². The molecule has 1 heterocycles. The van der Waals surface area contributed by atoms with Gasteiger partial charge in [0.1, 0.15) is 10.8 Å². The van der Waals surface area contributed by atoms with E-state index < -0.39 is 0 Å². The Morgan fingerprint density at radius 1 is 1.42 bits per heavy atom. The van der Waals surface area contributed by atoms with Crippen LogP contribution in [-0.2, 0) is 4.74 Å². The summed E-state index contributed by atoms with van der Waals surface area (Å²) in [5.41, 5.74) is 0.0909. The summed E-state index contributed by atoms with van der Waals surface area (Å²) in [5, 5.41) is 3.35. The summed E-state index contributed by atoms with van der Waals surface area (Å²) in [6.07, 6.45) is 0.848. The maximum atomic E-state index is 12.0. The number of aromatic nitrogens is 1. The Kier molecular flexibility index (Phi) is 6.04. The van der Waals surface area contributed by atoms with Crippen molar-refractivity contribution in [2.75, 3.05) is 20.3 Å². The summed E-state index contributed by atoms with van der Waals surface area (Å²) < 4.78 is 5.04. The third-order valence-corrected chi connectivity index (χ3v) is 3.25. The molecule has 0 spiro atoms. The minimum absolute atomic E-state index is 0.0588. The van der Waals surface area contributed by atoms with Crippen molar-refractivity contribution in [3.63, 3.8) is 0 Å². The number of methoxy groups -OCH3 is 1. The van der Waals surface area contributed by atoms with E-state index in [0.717, 1.165) is 6.42 Å². The van der Waals surface area contributed by atoms with Crippen LogP contribution in [0.25, 0.3) is 0 Å². The SMILES string of the molecule is COCCC(C)(C)CNC(=O)c1nc(Cl)ccc1Cl. The molecule has 1 aromatic rings. The van der Waals surface area contributed by atoms with Gasteiger partial charge in [-0.2, -0.15) is 0 Å². The van der Waals surface area contributed by atoms with Crippen LogP contribution in [0.2, 0.25) is 10.2 Å². The Balaban J connectivity index is 2.62. The molecule has 19 heavy (non-hydrogen) atoms. The van der Waals surface area contributed by atoms with Crippen molar-refractivity contribution < 1.29 is 9.53 Å². The highest BCUT2D eigenvalue weighted by Crippen LogP contribution is 2.20. The highest BCUT2D eigenvalue weighted by atomic mass is 35.5. The first-order valence-electron chi connectivity index (χ1n) is 5.95. The molecule has 0 bridgehead atoms. The Bertz CT molecular complexity index is 450. The molecule has 0 fully saturated rings. The van der Waals surface area contributed by atoms with Crippen LogP contribution >= 0.6 is 23.2 Å². The molecule has 4 nitrogen and oxygen atoms in total. The molecule has 1 N–H and O–H groups in total. The van der Waals surface area contributed by atoms with Crippen LogP contribution in [0.15, 0.2) is 12.1 Å². The molecule has 1 aromatic heterocycles. The molecule has 0 radical (unpaired) electrons. The van der Waals surface area contributed by atoms with Crippen LogP contribution in [-0.4, -0.2) is 31.2 Å². The molecule has 0 aromatic carbocycles. The summed E-state index contributed by atoms with van der Waals surface area (Å²) in [6, 6.07) is 3.10. The predicted octanol–water partition coefficient (Wildman–Crippen LogP) is 3.18. The van der Waals surface area contributed by atoms with Gasteiger partial charge in [0, 0.05) is 20.3 Å². The molecule has 0 unspecified atom stereocenters. The Morgan fingerprint density at radius 2 is 2.11 bits per heavy atom. The van der Waals surface area contributed by atoms with Gasteiger partial charge < -0.3 is 10.1 Å². The molecule has 0 atom stereocenters. The molecule has 6 heteroatoms. The number of halogens is 2. The van der Waals surface area contributed by atoms with Crippen LogP contribution in [0.1, 0.15) is 30.8 Å². The van der Waals surface area contributed by atoms with E-state index in [1.165, 1.54) is 0 Å². The maximum Gasteiger partial charge on any atom is 0.271 e. The number of pyridine rings is 1. The minimum atomic E-state index is -0.321. The second kappa shape index (κ2) is 7.08. The maximum absolute atomic E-state index is 12.0. The quantitative estimate of drug-likeness (QED) is 0.821. The van der Waals surface area contributed by atoms with Crippen molar-refractivity contribution in [2.45, 2.75) is 20.3 Å². The van der Waals surface area contributed by atoms with E-state index in [1.54, 1.807) is 19.2 Å². The fraction of sp³-hybridized carbons (Fsp3) is 0.538. The largest absolute Gasteiger partial charge is 0.385 e. The van der Waals surface area contributed by atoms with E-state index in [-0.39, 0.29) is 27.2 Å². The number of hydrogen-bond acceptors (Lipinski definition) is 3. The fourth-order valence-corrected chi connectivity index (χ4v) is 1.79. The molecule has 0 saturated heterocycles. The number of carbonyl (C=O) groups is 1. The van der Waals surface area contributed by atoms with Gasteiger partial charge in [-0.25, -0.2) is 4.98 Å². The van der Waals surface area contributed by atoms with E-state index in [0.29, 0.717) is 13.2 Å². The fourth-order valence-electron chi connectivity index (χ4n) is 1.45. The summed E-state index contributed by atoms with van der Waals surface area (Å²) >= 11 is 11.7. The molecule has 0 aliphatic carbocycles. The second-order valence-electron chi connectivity index (χ2n) is 5.05. The van der Waals surface area contributed by atoms with Gasteiger partial charge >= 0.3 is 0 Å². The zero-order valence-electron chi connectivity index (χ0n) is 11.3. The third-order valence-electron chi connectivity index (χ3n) is 2.74. The number of rotatable bonds is 6. The number of ether oxygens (including phenoxy) is 1. The molecule has 0 aliphatic rings. The first kappa shape index (κ1) is 16.2. The number of nitrogens with zero attached hydrogens (tertiary/aromatic N) is 1. The van der Waals surface area contributed by atoms with Crippen LogP contribution in [0, 0.1) is 5.41 Å². The van der Waals surface area contributed by atoms with Gasteiger partial charge in [0.2, 0.25) is 0 Å². The van der Waals surface area contributed by atoms with E-state index in [1.807, 2.05) is 0 Å². The normalized spacial score (nSPS) is 11.4. The first-order chi connectivity index (χ1) is 8.85. The van der Waals surface area contributed by atoms with Crippen molar-refractivity contribution >= 4 is 29.1 Å². The predicted molar refractivity (Wildman–Crippen MR) is 76.9 cm³/mol. The van der Waals surface area contributed by atoms with E-state index in [9.17, 15) is 4.79 Å². The van der Waals surface area contributed by atoms with Gasteiger partial charge in [0.25, 0.3) is 5.91 Å². The summed E-state index contributed by atoms with van der Waals surface area (Å²) in [5.74, 6) is -0.321. The Labute approximate surface area is 123 Å². The molecule has 106 valence electrons. The minimum Gasteiger partial charge on any atom is -0.385 e. The van der Waals surface area contributed by atoms with Crippen molar-refractivity contribution in [1.82, 2.24) is 10.3 Å². The second-order valence-corrected chi connectivity index (χ2v) is 5.85. The van der Waals surface area contributed by atoms with E-state index in [4.69, 9.17) is 27.9 Å². The highest BCUT2D eigenvalue weighted by molar-refractivity contribution is 6.34. The average molecular weight is 305 g/mol. The van der Waals surface area contributed by atoms with Crippen molar-refractivity contribution in [3.8, 4) is 0 Å². The molecular weight excluding hydrogens is 287 g/mol. The lowest BCUT2D eigenvalue weighted by atomic mass is 9.89. The zero-order chi connectivity index (χ0) is 14.5. The number of carbonyl (C=O) groups excluding carboxylic acids is 1. The molecule has 0 saturated carbocycles. The highest BCUT2D eigenvalue weighted by Gasteiger charge is 2.20. The lowest BCUT2D eigenvalue weighted by molar-refractivity contribution is 0.0916. The van der Waals surface area contributed by atoms with Gasteiger partial charge in [0.15, 0.2) is 0 Å². The van der Waals surface area contributed by atoms with Crippen LogP contribution < -0.4 is 5.32 Å². The molecule has 0 aliphatic heterocycles. The van der Waals surface area contributed by atoms with Gasteiger partial charge in [0.05, 0.1) is 5.02 Å². The van der Waals surface area contributed by atoms with Gasteiger partial charge in [-0.1, -0.05) is 37.0 Å².